The second-order valence-corrected chi connectivity index (χ2v) is 5.79. The van der Waals surface area contributed by atoms with Gasteiger partial charge in [0.1, 0.15) is 0 Å². The number of hydrogen-bond donors (Lipinski definition) is 2. The summed E-state index contributed by atoms with van der Waals surface area (Å²) in [7, 11) is 3.65. The molecule has 0 aromatic heterocycles. The number of hydrogen-bond acceptors (Lipinski definition) is 2. The van der Waals surface area contributed by atoms with Crippen molar-refractivity contribution in [3.63, 3.8) is 0 Å². The minimum Gasteiger partial charge on any atom is -0.317 e. The van der Waals surface area contributed by atoms with Gasteiger partial charge in [0.2, 0.25) is 0 Å². The van der Waals surface area contributed by atoms with E-state index >= 15 is 0 Å². The van der Waals surface area contributed by atoms with E-state index in [1.807, 2.05) is 0 Å². The topological polar surface area (TPSA) is 24.1 Å². The van der Waals surface area contributed by atoms with Crippen LogP contribution in [0.2, 0.25) is 0 Å². The fourth-order valence-electron chi connectivity index (χ4n) is 2.99. The molecule has 1 saturated carbocycles. The van der Waals surface area contributed by atoms with Crippen LogP contribution in [0, 0.1) is 5.41 Å². The van der Waals surface area contributed by atoms with Crippen LogP contribution in [0.15, 0.2) is 0 Å². The number of rotatable bonds is 2. The molecule has 2 aliphatic rings. The van der Waals surface area contributed by atoms with E-state index in [1.165, 1.54) is 45.2 Å². The standard InChI is InChI=1S/C9H20N2P2/c12-13-11-8-2-1-3-9(8)4-6-10-7-5-9/h8,10-11,13H,1-7,12H2/t8-/m1/s1. The molecule has 3 atom stereocenters. The Morgan fingerprint density at radius 1 is 1.31 bits per heavy atom. The molecule has 0 amide bonds. The molecule has 2 unspecified atom stereocenters. The minimum atomic E-state index is 0.662. The van der Waals surface area contributed by atoms with Crippen molar-refractivity contribution < 1.29 is 0 Å². The Hall–Kier alpha value is 0.780. The summed E-state index contributed by atoms with van der Waals surface area (Å²) in [6.45, 7) is 2.47. The van der Waals surface area contributed by atoms with Crippen LogP contribution in [0.4, 0.5) is 0 Å². The molecule has 1 aliphatic carbocycles. The lowest BCUT2D eigenvalue weighted by atomic mass is 9.75. The zero-order valence-corrected chi connectivity index (χ0v) is 10.3. The van der Waals surface area contributed by atoms with E-state index in [4.69, 9.17) is 0 Å². The lowest BCUT2D eigenvalue weighted by molar-refractivity contribution is 0.176. The Morgan fingerprint density at radius 3 is 2.77 bits per heavy atom. The Bertz CT molecular complexity index is 169. The highest BCUT2D eigenvalue weighted by Gasteiger charge is 2.42. The number of nitrogens with one attached hydrogen (secondary N) is 2. The van der Waals surface area contributed by atoms with E-state index in [9.17, 15) is 0 Å². The molecule has 1 saturated heterocycles. The highest BCUT2D eigenvalue weighted by atomic mass is 32.0. The van der Waals surface area contributed by atoms with Crippen molar-refractivity contribution in [3.8, 4) is 0 Å². The molecule has 1 spiro atoms. The maximum absolute atomic E-state index is 3.67. The summed E-state index contributed by atoms with van der Waals surface area (Å²) >= 11 is 0. The molecule has 4 heteroatoms. The minimum absolute atomic E-state index is 0.662. The van der Waals surface area contributed by atoms with Gasteiger partial charge in [0.15, 0.2) is 0 Å². The quantitative estimate of drug-likeness (QED) is 0.691. The molecule has 1 aliphatic heterocycles. The van der Waals surface area contributed by atoms with Crippen molar-refractivity contribution in [2.24, 2.45) is 5.41 Å². The molecule has 2 nitrogen and oxygen atoms in total. The van der Waals surface area contributed by atoms with Crippen LogP contribution in [0.5, 0.6) is 0 Å². The zero-order valence-electron chi connectivity index (χ0n) is 8.10. The van der Waals surface area contributed by atoms with E-state index in [0.717, 1.165) is 14.5 Å². The van der Waals surface area contributed by atoms with Gasteiger partial charge < -0.3 is 5.32 Å². The van der Waals surface area contributed by atoms with Crippen molar-refractivity contribution in [2.75, 3.05) is 13.1 Å². The van der Waals surface area contributed by atoms with E-state index in [0.29, 0.717) is 5.41 Å². The first kappa shape index (κ1) is 10.3. The fourth-order valence-corrected chi connectivity index (χ4v) is 4.24. The first-order valence-corrected chi connectivity index (χ1v) is 8.10. The van der Waals surface area contributed by atoms with Crippen LogP contribution in [-0.4, -0.2) is 19.1 Å². The largest absolute Gasteiger partial charge is 0.317 e. The lowest BCUT2D eigenvalue weighted by Gasteiger charge is -2.39. The van der Waals surface area contributed by atoms with Gasteiger partial charge in [-0.25, -0.2) is 0 Å². The molecular weight excluding hydrogens is 198 g/mol. The predicted octanol–water partition coefficient (Wildman–Crippen LogP) is 1.88. The maximum Gasteiger partial charge on any atom is 0.0161 e. The average molecular weight is 218 g/mol. The van der Waals surface area contributed by atoms with Crippen molar-refractivity contribution in [2.45, 2.75) is 38.1 Å². The van der Waals surface area contributed by atoms with Crippen molar-refractivity contribution in [1.82, 2.24) is 10.4 Å². The Balaban J connectivity index is 2.00. The SMILES string of the molecule is PPN[C@@H]1CCCC12CCNCC2. The van der Waals surface area contributed by atoms with E-state index in [2.05, 4.69) is 19.3 Å². The smallest absolute Gasteiger partial charge is 0.0161 e. The molecule has 1 heterocycles. The van der Waals surface area contributed by atoms with Gasteiger partial charge in [-0.1, -0.05) is 15.3 Å². The summed E-state index contributed by atoms with van der Waals surface area (Å²) in [5.41, 5.74) is 0.662. The summed E-state index contributed by atoms with van der Waals surface area (Å²) in [6, 6.07) is 0.811. The molecule has 0 aromatic rings. The van der Waals surface area contributed by atoms with Gasteiger partial charge in [0.05, 0.1) is 0 Å². The fraction of sp³-hybridized carbons (Fsp3) is 1.00. The summed E-state index contributed by atoms with van der Waals surface area (Å²) < 4.78 is 0. The summed E-state index contributed by atoms with van der Waals surface area (Å²) in [5, 5.41) is 7.14. The van der Waals surface area contributed by atoms with Crippen LogP contribution >= 0.6 is 17.3 Å². The summed E-state index contributed by atoms with van der Waals surface area (Å²) in [6.07, 6.45) is 7.08. The van der Waals surface area contributed by atoms with E-state index in [-0.39, 0.29) is 0 Å². The molecule has 2 N–H and O–H groups in total. The second-order valence-electron chi connectivity index (χ2n) is 4.35. The maximum atomic E-state index is 3.67. The molecule has 13 heavy (non-hydrogen) atoms. The third-order valence-electron chi connectivity index (χ3n) is 3.76. The lowest BCUT2D eigenvalue weighted by Crippen LogP contribution is -2.45. The highest BCUT2D eigenvalue weighted by Crippen LogP contribution is 2.46. The van der Waals surface area contributed by atoms with Crippen LogP contribution in [0.3, 0.4) is 0 Å². The Labute approximate surface area is 84.9 Å². The van der Waals surface area contributed by atoms with Gasteiger partial charge in [-0.15, -0.1) is 0 Å². The molecule has 0 aromatic carbocycles. The van der Waals surface area contributed by atoms with Gasteiger partial charge in [0.25, 0.3) is 0 Å². The summed E-state index contributed by atoms with van der Waals surface area (Å²) in [5.74, 6) is 0. The van der Waals surface area contributed by atoms with Crippen LogP contribution in [-0.2, 0) is 0 Å². The monoisotopic (exact) mass is 218 g/mol. The predicted molar refractivity (Wildman–Crippen MR) is 63.3 cm³/mol. The molecule has 0 radical (unpaired) electrons. The highest BCUT2D eigenvalue weighted by molar-refractivity contribution is 8.01. The molecule has 2 fully saturated rings. The Morgan fingerprint density at radius 2 is 2.08 bits per heavy atom. The van der Waals surface area contributed by atoms with Crippen LogP contribution in [0.1, 0.15) is 32.1 Å². The van der Waals surface area contributed by atoms with Gasteiger partial charge >= 0.3 is 0 Å². The third kappa shape index (κ3) is 2.07. The molecule has 2 rings (SSSR count). The van der Waals surface area contributed by atoms with Crippen molar-refractivity contribution >= 4 is 17.3 Å². The third-order valence-corrected chi connectivity index (χ3v) is 4.78. The average Bonchev–Trinajstić information content (AvgIpc) is 2.52. The van der Waals surface area contributed by atoms with Gasteiger partial charge in [0, 0.05) is 6.04 Å². The van der Waals surface area contributed by atoms with Crippen LogP contribution < -0.4 is 10.4 Å². The van der Waals surface area contributed by atoms with Gasteiger partial charge in [-0.05, 0) is 52.6 Å². The van der Waals surface area contributed by atoms with E-state index in [1.54, 1.807) is 0 Å². The van der Waals surface area contributed by atoms with Crippen molar-refractivity contribution in [3.05, 3.63) is 0 Å². The molecule has 76 valence electrons. The number of piperidine rings is 1. The normalized spacial score (nSPS) is 33.5. The van der Waals surface area contributed by atoms with Gasteiger partial charge in [-0.3, -0.25) is 5.09 Å². The second kappa shape index (κ2) is 4.53. The molecule has 0 bridgehead atoms. The Kier molecular flexibility index (Phi) is 3.59. The van der Waals surface area contributed by atoms with Crippen molar-refractivity contribution in [1.29, 1.82) is 0 Å². The first-order valence-electron chi connectivity index (χ1n) is 5.29. The van der Waals surface area contributed by atoms with Crippen LogP contribution in [0.25, 0.3) is 0 Å². The zero-order chi connectivity index (χ0) is 9.15. The van der Waals surface area contributed by atoms with Gasteiger partial charge in [-0.2, -0.15) is 0 Å². The first-order chi connectivity index (χ1) is 6.37. The molecular formula is C9H20N2P2. The van der Waals surface area contributed by atoms with E-state index < -0.39 is 0 Å². The summed E-state index contributed by atoms with van der Waals surface area (Å²) in [4.78, 5) is 0.